The van der Waals surface area contributed by atoms with E-state index >= 15 is 0 Å². The van der Waals surface area contributed by atoms with Gasteiger partial charge in [0.25, 0.3) is 0 Å². The molecule has 1 fully saturated rings. The molecule has 1 aliphatic heterocycles. The van der Waals surface area contributed by atoms with Gasteiger partial charge in [-0.2, -0.15) is 0 Å². The highest BCUT2D eigenvalue weighted by Gasteiger charge is 2.44. The molecule has 0 aliphatic carbocycles. The second-order valence-corrected chi connectivity index (χ2v) is 22.5. The number of hydrogen-bond donors (Lipinski definition) is 12. The number of aliphatic hydroxyl groups excluding tert-OH is 5. The van der Waals surface area contributed by atoms with Gasteiger partial charge in [-0.3, -0.25) is 0 Å². The summed E-state index contributed by atoms with van der Waals surface area (Å²) in [6.07, 6.45) is 8.94. The van der Waals surface area contributed by atoms with Crippen molar-refractivity contribution in [2.45, 2.75) is 287 Å². The molecule has 14 nitrogen and oxygen atoms in total. The van der Waals surface area contributed by atoms with Crippen LogP contribution in [0.3, 0.4) is 0 Å². The predicted octanol–water partition coefficient (Wildman–Crippen LogP) is 5.92. The zero-order chi connectivity index (χ0) is 49.9. The van der Waals surface area contributed by atoms with Crippen molar-refractivity contribution in [3.8, 4) is 0 Å². The zero-order valence-electron chi connectivity index (χ0n) is 42.3. The summed E-state index contributed by atoms with van der Waals surface area (Å²) in [6, 6.07) is 0. The Morgan fingerprint density at radius 1 is 0.523 bits per heavy atom. The van der Waals surface area contributed by atoms with E-state index in [0.717, 1.165) is 30.4 Å². The third-order valence-corrected chi connectivity index (χ3v) is 13.7. The first-order valence-electron chi connectivity index (χ1n) is 24.7. The largest absolute Gasteiger partial charge is 0.394 e. The first kappa shape index (κ1) is 61.9. The maximum absolute atomic E-state index is 11.1. The zero-order valence-corrected chi connectivity index (χ0v) is 42.3. The fraction of sp³-hybridized carbons (Fsp3) is 0.922. The van der Waals surface area contributed by atoms with Crippen molar-refractivity contribution in [1.29, 1.82) is 0 Å². The number of aliphatic hydroxyl groups is 12. The molecule has 1 saturated heterocycles. The lowest BCUT2D eigenvalue weighted by Crippen LogP contribution is -2.59. The fourth-order valence-corrected chi connectivity index (χ4v) is 8.84. The van der Waals surface area contributed by atoms with Crippen LogP contribution < -0.4 is 0 Å². The number of hydrogen-bond acceptors (Lipinski definition) is 14. The van der Waals surface area contributed by atoms with Gasteiger partial charge >= 0.3 is 0 Å². The third-order valence-electron chi connectivity index (χ3n) is 13.7. The lowest BCUT2D eigenvalue weighted by Gasteiger charge is -2.39. The van der Waals surface area contributed by atoms with Gasteiger partial charge in [0.2, 0.25) is 0 Å². The normalized spacial score (nSPS) is 26.3. The van der Waals surface area contributed by atoms with Crippen LogP contribution in [-0.2, 0) is 9.47 Å². The highest BCUT2D eigenvalue weighted by atomic mass is 16.7. The molecule has 1 heterocycles. The predicted molar refractivity (Wildman–Crippen MR) is 255 cm³/mol. The molecule has 0 unspecified atom stereocenters. The second-order valence-electron chi connectivity index (χ2n) is 22.5. The van der Waals surface area contributed by atoms with Crippen LogP contribution in [-0.4, -0.2) is 151 Å². The van der Waals surface area contributed by atoms with Gasteiger partial charge in [-0.15, -0.1) is 0 Å². The quantitative estimate of drug-likeness (QED) is 0.0330. The smallest absolute Gasteiger partial charge is 0.187 e. The van der Waals surface area contributed by atoms with E-state index < -0.39 is 82.6 Å². The molecule has 0 amide bonds. The van der Waals surface area contributed by atoms with E-state index in [0.29, 0.717) is 122 Å². The molecular formula is C51H98O14. The van der Waals surface area contributed by atoms with Gasteiger partial charge < -0.3 is 70.8 Å². The van der Waals surface area contributed by atoms with E-state index in [2.05, 4.69) is 6.08 Å². The van der Waals surface area contributed by atoms with Gasteiger partial charge in [-0.25, -0.2) is 0 Å². The molecule has 1 rings (SSSR count). The van der Waals surface area contributed by atoms with Crippen molar-refractivity contribution in [3.05, 3.63) is 23.3 Å². The van der Waals surface area contributed by atoms with Gasteiger partial charge in [0, 0.05) is 0 Å². The van der Waals surface area contributed by atoms with Crippen LogP contribution in [0.25, 0.3) is 0 Å². The summed E-state index contributed by atoms with van der Waals surface area (Å²) in [5.74, 6) is 0. The Morgan fingerprint density at radius 2 is 0.892 bits per heavy atom. The average Bonchev–Trinajstić information content (AvgIpc) is 3.15. The average molecular weight is 935 g/mol. The summed E-state index contributed by atoms with van der Waals surface area (Å²) in [5.41, 5.74) is -4.54. The number of allylic oxidation sites excluding steroid dienone is 3. The van der Waals surface area contributed by atoms with Crippen molar-refractivity contribution in [3.63, 3.8) is 0 Å². The molecule has 0 radical (unpaired) electrons. The monoisotopic (exact) mass is 935 g/mol. The van der Waals surface area contributed by atoms with Crippen molar-refractivity contribution in [1.82, 2.24) is 0 Å². The summed E-state index contributed by atoms with van der Waals surface area (Å²) in [5, 5.41) is 126. The summed E-state index contributed by atoms with van der Waals surface area (Å²) in [6.45, 7) is 17.7. The topological polar surface area (TPSA) is 261 Å². The third kappa shape index (κ3) is 27.6. The number of rotatable bonds is 35. The SMILES string of the molecule is C/C(=C\CO[C@H]1O[C@@H](CO)[C@H](O)[C@@H](O)[C@@H]1O)CC/C=C(\C)CC[C@H](O)[C@](C)(O)CCC[C@](C)(O)CCC[C@](C)(O)CCC[C@](C)(O)CCC[C@@](C)(O)CCC[C@](C)(O)CCCC(C)(C)O. The summed E-state index contributed by atoms with van der Waals surface area (Å²) in [7, 11) is 0. The Balaban J connectivity index is 2.34. The highest BCUT2D eigenvalue weighted by molar-refractivity contribution is 5.04. The molecule has 65 heavy (non-hydrogen) atoms. The molecule has 12 atom stereocenters. The van der Waals surface area contributed by atoms with E-state index in [1.54, 1.807) is 41.5 Å². The Labute approximate surface area is 392 Å². The van der Waals surface area contributed by atoms with E-state index in [9.17, 15) is 61.3 Å². The van der Waals surface area contributed by atoms with Crippen LogP contribution >= 0.6 is 0 Å². The van der Waals surface area contributed by atoms with Crippen molar-refractivity contribution >= 4 is 0 Å². The Bertz CT molecular complexity index is 1360. The van der Waals surface area contributed by atoms with Crippen LogP contribution in [0.5, 0.6) is 0 Å². The van der Waals surface area contributed by atoms with E-state index in [-0.39, 0.29) is 6.61 Å². The van der Waals surface area contributed by atoms with Crippen LogP contribution in [0.1, 0.15) is 210 Å². The molecule has 0 spiro atoms. The van der Waals surface area contributed by atoms with Gasteiger partial charge in [-0.1, -0.05) is 23.3 Å². The van der Waals surface area contributed by atoms with E-state index in [1.807, 2.05) is 33.8 Å². The standard InChI is InChI=1S/C51H98O14/c1-37(18-11-19-38(2)22-35-64-44-43(56)42(55)41(54)39(36-52)65-44)20-21-40(53)51(10,63)34-17-33-50(9,62)32-16-31-49(8,61)30-15-29-48(7,60)28-14-27-47(6,59)26-13-25-46(5,58)24-12-23-45(3,4)57/h18,22,39-44,52-63H,11-17,19-21,23-36H2,1-10H3/b37-18+,38-22+/t39-,40-,41-,42+,43-,44-,46+,47-,48+,49+,50+,51+/m0/s1. The molecule has 12 N–H and O–H groups in total. The van der Waals surface area contributed by atoms with Crippen LogP contribution in [0.4, 0.5) is 0 Å². The summed E-state index contributed by atoms with van der Waals surface area (Å²) >= 11 is 0. The molecule has 0 saturated carbocycles. The Hall–Kier alpha value is -1.08. The summed E-state index contributed by atoms with van der Waals surface area (Å²) < 4.78 is 10.9. The molecule has 1 aliphatic rings. The van der Waals surface area contributed by atoms with Gasteiger partial charge in [0.1, 0.15) is 24.4 Å². The molecule has 0 bridgehead atoms. The number of ether oxygens (including phenoxy) is 2. The van der Waals surface area contributed by atoms with Crippen LogP contribution in [0, 0.1) is 0 Å². The van der Waals surface area contributed by atoms with Crippen molar-refractivity contribution in [2.75, 3.05) is 13.2 Å². The molecule has 0 aromatic carbocycles. The minimum Gasteiger partial charge on any atom is -0.394 e. The minimum atomic E-state index is -1.49. The maximum atomic E-state index is 11.1. The molecule has 0 aromatic rings. The lowest BCUT2D eigenvalue weighted by molar-refractivity contribution is -0.298. The first-order chi connectivity index (χ1) is 29.7. The fourth-order valence-electron chi connectivity index (χ4n) is 8.84. The summed E-state index contributed by atoms with van der Waals surface area (Å²) in [4.78, 5) is 0. The second kappa shape index (κ2) is 27.9. The highest BCUT2D eigenvalue weighted by Crippen LogP contribution is 2.32. The molecular weight excluding hydrogens is 837 g/mol. The molecule has 386 valence electrons. The Morgan fingerprint density at radius 3 is 1.28 bits per heavy atom. The van der Waals surface area contributed by atoms with E-state index in [1.165, 1.54) is 0 Å². The Kier molecular flexibility index (Phi) is 26.6. The van der Waals surface area contributed by atoms with Crippen LogP contribution in [0.15, 0.2) is 23.3 Å². The van der Waals surface area contributed by atoms with Gasteiger partial charge in [0.05, 0.1) is 58.5 Å². The van der Waals surface area contributed by atoms with Crippen molar-refractivity contribution < 1.29 is 70.8 Å². The molecule has 14 heteroatoms. The maximum Gasteiger partial charge on any atom is 0.187 e. The van der Waals surface area contributed by atoms with E-state index in [4.69, 9.17) is 9.47 Å². The minimum absolute atomic E-state index is 0.112. The van der Waals surface area contributed by atoms with Gasteiger partial charge in [-0.05, 0) is 210 Å². The van der Waals surface area contributed by atoms with Crippen LogP contribution in [0.2, 0.25) is 0 Å². The molecule has 0 aromatic heterocycles. The first-order valence-corrected chi connectivity index (χ1v) is 24.7. The van der Waals surface area contributed by atoms with Gasteiger partial charge in [0.15, 0.2) is 6.29 Å². The van der Waals surface area contributed by atoms with Crippen molar-refractivity contribution in [2.24, 2.45) is 0 Å². The lowest BCUT2D eigenvalue weighted by atomic mass is 9.83.